The molecule has 1 aliphatic rings. The van der Waals surface area contributed by atoms with Crippen LogP contribution < -0.4 is 10.1 Å². The Bertz CT molecular complexity index is 603. The highest BCUT2D eigenvalue weighted by atomic mass is 16.7. The third-order valence-electron chi connectivity index (χ3n) is 3.80. The van der Waals surface area contributed by atoms with E-state index in [1.54, 1.807) is 10.9 Å². The first kappa shape index (κ1) is 16.0. The lowest BCUT2D eigenvalue weighted by atomic mass is 10.2. The molecule has 2 heterocycles. The monoisotopic (exact) mass is 316 g/mol. The summed E-state index contributed by atoms with van der Waals surface area (Å²) in [5.74, 6) is 0.616. The van der Waals surface area contributed by atoms with Gasteiger partial charge in [-0.1, -0.05) is 31.2 Å². The lowest BCUT2D eigenvalue weighted by molar-refractivity contribution is -0.108. The Morgan fingerprint density at radius 3 is 2.83 bits per heavy atom. The molecule has 6 heteroatoms. The molecule has 1 saturated heterocycles. The Labute approximate surface area is 136 Å². The zero-order valence-corrected chi connectivity index (χ0v) is 13.7. The molecule has 6 nitrogen and oxygen atoms in total. The van der Waals surface area contributed by atoms with Crippen molar-refractivity contribution in [1.29, 1.82) is 0 Å². The molecule has 3 rings (SSSR count). The Morgan fingerprint density at radius 1 is 1.30 bits per heavy atom. The summed E-state index contributed by atoms with van der Waals surface area (Å²) in [6.45, 7) is 5.89. The topological polar surface area (TPSA) is 61.2 Å². The molecule has 0 saturated carbocycles. The van der Waals surface area contributed by atoms with Crippen molar-refractivity contribution < 1.29 is 9.47 Å². The fourth-order valence-electron chi connectivity index (χ4n) is 2.50. The van der Waals surface area contributed by atoms with Crippen LogP contribution in [0.2, 0.25) is 0 Å². The van der Waals surface area contributed by atoms with Crippen molar-refractivity contribution in [2.45, 2.75) is 52.0 Å². The molecule has 0 amide bonds. The van der Waals surface area contributed by atoms with Gasteiger partial charge in [0.15, 0.2) is 0 Å². The molecule has 1 aromatic heterocycles. The van der Waals surface area contributed by atoms with Gasteiger partial charge in [0.05, 0.1) is 12.3 Å². The molecule has 0 aliphatic carbocycles. The molecule has 23 heavy (non-hydrogen) atoms. The first-order chi connectivity index (χ1) is 11.2. The van der Waals surface area contributed by atoms with Crippen molar-refractivity contribution in [2.24, 2.45) is 0 Å². The van der Waals surface area contributed by atoms with Crippen LogP contribution in [0.25, 0.3) is 5.69 Å². The van der Waals surface area contributed by atoms with E-state index in [9.17, 15) is 0 Å². The average molecular weight is 316 g/mol. The van der Waals surface area contributed by atoms with Gasteiger partial charge in [0.2, 0.25) is 12.2 Å². The molecule has 1 fully saturated rings. The van der Waals surface area contributed by atoms with Crippen LogP contribution >= 0.6 is 0 Å². The van der Waals surface area contributed by atoms with Gasteiger partial charge >= 0.3 is 0 Å². The molecular weight excluding hydrogens is 292 g/mol. The zero-order chi connectivity index (χ0) is 16.1. The van der Waals surface area contributed by atoms with Crippen LogP contribution in [0.5, 0.6) is 5.88 Å². The molecule has 1 unspecified atom stereocenters. The summed E-state index contributed by atoms with van der Waals surface area (Å²) >= 11 is 0. The predicted molar refractivity (Wildman–Crippen MR) is 87.6 cm³/mol. The zero-order valence-electron chi connectivity index (χ0n) is 13.7. The third-order valence-corrected chi connectivity index (χ3v) is 3.80. The van der Waals surface area contributed by atoms with E-state index in [4.69, 9.17) is 9.47 Å². The smallest absolute Gasteiger partial charge is 0.239 e. The number of hydrogen-bond acceptors (Lipinski definition) is 5. The van der Waals surface area contributed by atoms with Crippen molar-refractivity contribution in [1.82, 2.24) is 20.3 Å². The maximum Gasteiger partial charge on any atom is 0.239 e. The van der Waals surface area contributed by atoms with Crippen LogP contribution in [0.3, 0.4) is 0 Å². The Hall–Kier alpha value is -1.92. The van der Waals surface area contributed by atoms with Crippen LogP contribution in [-0.4, -0.2) is 33.9 Å². The molecule has 0 spiro atoms. The van der Waals surface area contributed by atoms with Crippen molar-refractivity contribution >= 4 is 0 Å². The molecule has 0 radical (unpaired) electrons. The van der Waals surface area contributed by atoms with Crippen LogP contribution in [0.15, 0.2) is 30.5 Å². The summed E-state index contributed by atoms with van der Waals surface area (Å²) in [6.07, 6.45) is 4.57. The Balaban J connectivity index is 1.68. The fourth-order valence-corrected chi connectivity index (χ4v) is 2.50. The van der Waals surface area contributed by atoms with Gasteiger partial charge in [-0.3, -0.25) is 0 Å². The van der Waals surface area contributed by atoms with Gasteiger partial charge in [-0.2, -0.15) is 4.68 Å². The number of hydrogen-bond donors (Lipinski definition) is 1. The summed E-state index contributed by atoms with van der Waals surface area (Å²) < 4.78 is 13.2. The van der Waals surface area contributed by atoms with Gasteiger partial charge in [0.25, 0.3) is 0 Å². The Morgan fingerprint density at radius 2 is 2.13 bits per heavy atom. The normalized spacial score (nSPS) is 18.3. The van der Waals surface area contributed by atoms with E-state index in [2.05, 4.69) is 41.6 Å². The number of benzene rings is 1. The molecular formula is C17H24N4O2. The molecule has 1 N–H and O–H groups in total. The van der Waals surface area contributed by atoms with Crippen LogP contribution in [0, 0.1) is 0 Å². The minimum Gasteiger partial charge on any atom is -0.447 e. The van der Waals surface area contributed by atoms with Gasteiger partial charge < -0.3 is 14.8 Å². The molecule has 1 aromatic carbocycles. The van der Waals surface area contributed by atoms with Gasteiger partial charge in [-0.25, -0.2) is 0 Å². The van der Waals surface area contributed by atoms with Gasteiger partial charge in [-0.15, -0.1) is 5.10 Å². The molecule has 2 aromatic rings. The van der Waals surface area contributed by atoms with Crippen molar-refractivity contribution in [2.75, 3.05) is 6.61 Å². The maximum absolute atomic E-state index is 5.89. The quantitative estimate of drug-likeness (QED) is 0.888. The second kappa shape index (κ2) is 7.57. The number of nitrogens with zero attached hydrogens (tertiary/aromatic N) is 3. The number of aromatic nitrogens is 3. The second-order valence-corrected chi connectivity index (χ2v) is 6.10. The maximum atomic E-state index is 5.89. The lowest BCUT2D eigenvalue weighted by Gasteiger charge is -2.23. The fraction of sp³-hybridized carbons (Fsp3) is 0.529. The van der Waals surface area contributed by atoms with Crippen LogP contribution in [-0.2, 0) is 11.3 Å². The average Bonchev–Trinajstić information content (AvgIpc) is 3.02. The first-order valence-electron chi connectivity index (χ1n) is 8.24. The minimum atomic E-state index is -0.199. The SMILES string of the molecule is CC(C)NCc1ccc(-n2nncc2OC2CCCCO2)cc1. The number of nitrogens with one attached hydrogen (secondary N) is 1. The number of ether oxygens (including phenoxy) is 2. The molecule has 124 valence electrons. The van der Waals surface area contributed by atoms with Gasteiger partial charge in [-0.05, 0) is 30.5 Å². The van der Waals surface area contributed by atoms with E-state index >= 15 is 0 Å². The molecule has 0 bridgehead atoms. The first-order valence-corrected chi connectivity index (χ1v) is 8.24. The van der Waals surface area contributed by atoms with Crippen molar-refractivity contribution in [3.63, 3.8) is 0 Å². The summed E-state index contributed by atoms with van der Waals surface area (Å²) in [5, 5.41) is 11.5. The summed E-state index contributed by atoms with van der Waals surface area (Å²) in [6, 6.07) is 8.71. The van der Waals surface area contributed by atoms with E-state index in [0.717, 1.165) is 38.1 Å². The van der Waals surface area contributed by atoms with E-state index < -0.39 is 0 Å². The van der Waals surface area contributed by atoms with Gasteiger partial charge in [0, 0.05) is 19.0 Å². The largest absolute Gasteiger partial charge is 0.447 e. The Kier molecular flexibility index (Phi) is 5.25. The number of rotatable bonds is 6. The molecule has 1 aliphatic heterocycles. The standard InChI is InChI=1S/C17H24N4O2/c1-13(2)18-11-14-6-8-15(9-7-14)21-16(12-19-20-21)23-17-5-3-4-10-22-17/h6-9,12-13,17-18H,3-5,10-11H2,1-2H3. The second-order valence-electron chi connectivity index (χ2n) is 6.10. The van der Waals surface area contributed by atoms with Crippen molar-refractivity contribution in [3.8, 4) is 11.6 Å². The predicted octanol–water partition coefficient (Wildman–Crippen LogP) is 2.67. The van der Waals surface area contributed by atoms with Gasteiger partial charge in [0.1, 0.15) is 6.20 Å². The highest BCUT2D eigenvalue weighted by Crippen LogP contribution is 2.21. The van der Waals surface area contributed by atoms with Crippen molar-refractivity contribution in [3.05, 3.63) is 36.0 Å². The van der Waals surface area contributed by atoms with E-state index in [-0.39, 0.29) is 6.29 Å². The molecule has 1 atom stereocenters. The summed E-state index contributed by atoms with van der Waals surface area (Å²) in [4.78, 5) is 0. The summed E-state index contributed by atoms with van der Waals surface area (Å²) in [5.41, 5.74) is 2.17. The highest BCUT2D eigenvalue weighted by molar-refractivity contribution is 5.36. The highest BCUT2D eigenvalue weighted by Gasteiger charge is 2.18. The minimum absolute atomic E-state index is 0.199. The summed E-state index contributed by atoms with van der Waals surface area (Å²) in [7, 11) is 0. The van der Waals surface area contributed by atoms with E-state index in [1.165, 1.54) is 5.56 Å². The van der Waals surface area contributed by atoms with Crippen LogP contribution in [0.1, 0.15) is 38.7 Å². The van der Waals surface area contributed by atoms with E-state index in [0.29, 0.717) is 11.9 Å². The van der Waals surface area contributed by atoms with Crippen LogP contribution in [0.4, 0.5) is 0 Å². The third kappa shape index (κ3) is 4.30. The van der Waals surface area contributed by atoms with E-state index in [1.807, 2.05) is 12.1 Å². The lowest BCUT2D eigenvalue weighted by Crippen LogP contribution is -2.26.